The van der Waals surface area contributed by atoms with Crippen LogP contribution < -0.4 is 4.90 Å². The van der Waals surface area contributed by atoms with Crippen molar-refractivity contribution in [3.8, 4) is 0 Å². The van der Waals surface area contributed by atoms with E-state index in [2.05, 4.69) is 39.0 Å². The molecule has 2 saturated heterocycles. The molecule has 0 atom stereocenters. The lowest BCUT2D eigenvalue weighted by atomic mass is 9.73. The molecule has 0 amide bonds. The van der Waals surface area contributed by atoms with E-state index in [1.165, 1.54) is 31.7 Å². The molecule has 0 radical (unpaired) electrons. The SMILES string of the molecule is CN1CC2(C1)CN(Cc1ccc(N3C=CC=NC3)nc1)C2. The summed E-state index contributed by atoms with van der Waals surface area (Å²) in [5, 5.41) is 0. The minimum atomic E-state index is 0.610. The number of aliphatic imine (C=N–C) groups is 1. The third-order valence-electron chi connectivity index (χ3n) is 4.53. The first-order chi connectivity index (χ1) is 10.2. The summed E-state index contributed by atoms with van der Waals surface area (Å²) >= 11 is 0. The average Bonchev–Trinajstić information content (AvgIpc) is 2.45. The molecule has 3 aliphatic heterocycles. The second kappa shape index (κ2) is 4.93. The van der Waals surface area contributed by atoms with Gasteiger partial charge in [-0.05, 0) is 24.8 Å². The first kappa shape index (κ1) is 13.0. The van der Waals surface area contributed by atoms with E-state index in [0.717, 1.165) is 12.4 Å². The summed E-state index contributed by atoms with van der Waals surface area (Å²) in [7, 11) is 2.20. The summed E-state index contributed by atoms with van der Waals surface area (Å²) in [5.41, 5.74) is 1.91. The van der Waals surface area contributed by atoms with Crippen LogP contribution in [-0.2, 0) is 6.54 Å². The van der Waals surface area contributed by atoms with Crippen molar-refractivity contribution in [3.05, 3.63) is 36.2 Å². The van der Waals surface area contributed by atoms with E-state index >= 15 is 0 Å². The minimum Gasteiger partial charge on any atom is -0.313 e. The molecule has 0 bridgehead atoms. The maximum atomic E-state index is 4.56. The molecule has 2 fully saturated rings. The number of nitrogens with zero attached hydrogens (tertiary/aromatic N) is 5. The lowest BCUT2D eigenvalue weighted by Crippen LogP contribution is -2.70. The number of pyridine rings is 1. The van der Waals surface area contributed by atoms with Gasteiger partial charge >= 0.3 is 0 Å². The van der Waals surface area contributed by atoms with Gasteiger partial charge in [0.15, 0.2) is 0 Å². The van der Waals surface area contributed by atoms with Crippen molar-refractivity contribution in [1.29, 1.82) is 0 Å². The third-order valence-corrected chi connectivity index (χ3v) is 4.53. The van der Waals surface area contributed by atoms with Gasteiger partial charge in [-0.2, -0.15) is 0 Å². The number of likely N-dealkylation sites (tertiary alicyclic amines) is 2. The fraction of sp³-hybridized carbons (Fsp3) is 0.500. The number of aromatic nitrogens is 1. The number of hydrogen-bond acceptors (Lipinski definition) is 5. The van der Waals surface area contributed by atoms with Gasteiger partial charge in [-0.15, -0.1) is 0 Å². The number of allylic oxidation sites excluding steroid dienone is 1. The topological polar surface area (TPSA) is 35.0 Å². The van der Waals surface area contributed by atoms with E-state index in [9.17, 15) is 0 Å². The second-order valence-electron chi connectivity index (χ2n) is 6.63. The van der Waals surface area contributed by atoms with Crippen molar-refractivity contribution in [2.75, 3.05) is 44.8 Å². The summed E-state index contributed by atoms with van der Waals surface area (Å²) in [5.74, 6) is 0.965. The van der Waals surface area contributed by atoms with Crippen LogP contribution in [0.1, 0.15) is 5.56 Å². The zero-order chi connectivity index (χ0) is 14.3. The summed E-state index contributed by atoms with van der Waals surface area (Å²) < 4.78 is 0. The van der Waals surface area contributed by atoms with Gasteiger partial charge in [0.1, 0.15) is 12.5 Å². The molecular formula is C16H21N5. The molecule has 5 heteroatoms. The van der Waals surface area contributed by atoms with Gasteiger partial charge in [0.25, 0.3) is 0 Å². The zero-order valence-corrected chi connectivity index (χ0v) is 12.4. The first-order valence-electron chi connectivity index (χ1n) is 7.52. The lowest BCUT2D eigenvalue weighted by Gasteiger charge is -2.59. The highest BCUT2D eigenvalue weighted by Gasteiger charge is 2.49. The summed E-state index contributed by atoms with van der Waals surface area (Å²) in [6.45, 7) is 6.69. The molecular weight excluding hydrogens is 262 g/mol. The molecule has 0 aliphatic carbocycles. The molecule has 0 N–H and O–H groups in total. The van der Waals surface area contributed by atoms with Crippen molar-refractivity contribution in [1.82, 2.24) is 14.8 Å². The Morgan fingerprint density at radius 2 is 2.05 bits per heavy atom. The Bertz CT molecular complexity index is 563. The Balaban J connectivity index is 1.33. The standard InChI is InChI=1S/C16H21N5/c1-19-9-16(10-19)11-20(12-16)8-14-3-4-15(18-7-14)21-6-2-5-17-13-21/h2-7H,8-13H2,1H3. The predicted octanol–water partition coefficient (Wildman–Crippen LogP) is 1.19. The van der Waals surface area contributed by atoms with E-state index in [4.69, 9.17) is 0 Å². The minimum absolute atomic E-state index is 0.610. The van der Waals surface area contributed by atoms with E-state index in [1.54, 1.807) is 0 Å². The van der Waals surface area contributed by atoms with Crippen LogP contribution in [0.2, 0.25) is 0 Å². The summed E-state index contributed by atoms with van der Waals surface area (Å²) in [4.78, 5) is 15.8. The fourth-order valence-corrected chi connectivity index (χ4v) is 3.79. The second-order valence-corrected chi connectivity index (χ2v) is 6.63. The quantitative estimate of drug-likeness (QED) is 0.835. The molecule has 4 heterocycles. The van der Waals surface area contributed by atoms with Gasteiger partial charge < -0.3 is 9.80 Å². The lowest BCUT2D eigenvalue weighted by molar-refractivity contribution is -0.108. The average molecular weight is 283 g/mol. The van der Waals surface area contributed by atoms with Gasteiger partial charge in [-0.25, -0.2) is 4.98 Å². The third kappa shape index (κ3) is 2.47. The van der Waals surface area contributed by atoms with Gasteiger partial charge in [0.05, 0.1) is 0 Å². The predicted molar refractivity (Wildman–Crippen MR) is 84.4 cm³/mol. The first-order valence-corrected chi connectivity index (χ1v) is 7.52. The highest BCUT2D eigenvalue weighted by Crippen LogP contribution is 2.39. The Morgan fingerprint density at radius 3 is 2.67 bits per heavy atom. The molecule has 4 rings (SSSR count). The molecule has 1 aromatic heterocycles. The molecule has 1 aromatic rings. The van der Waals surface area contributed by atoms with Gasteiger partial charge in [-0.1, -0.05) is 6.07 Å². The Morgan fingerprint density at radius 1 is 1.19 bits per heavy atom. The number of hydrogen-bond donors (Lipinski definition) is 0. The van der Waals surface area contributed by atoms with Gasteiger partial charge in [0, 0.05) is 56.8 Å². The smallest absolute Gasteiger partial charge is 0.134 e. The molecule has 0 unspecified atom stereocenters. The van der Waals surface area contributed by atoms with Crippen LogP contribution >= 0.6 is 0 Å². The largest absolute Gasteiger partial charge is 0.313 e. The van der Waals surface area contributed by atoms with Gasteiger partial charge in [0.2, 0.25) is 0 Å². The fourth-order valence-electron chi connectivity index (χ4n) is 3.79. The zero-order valence-electron chi connectivity index (χ0n) is 12.4. The summed E-state index contributed by atoms with van der Waals surface area (Å²) in [6.07, 6.45) is 7.78. The van der Waals surface area contributed by atoms with Crippen LogP contribution in [0.25, 0.3) is 0 Å². The van der Waals surface area contributed by atoms with Crippen molar-refractivity contribution in [3.63, 3.8) is 0 Å². The highest BCUT2D eigenvalue weighted by molar-refractivity contribution is 5.73. The van der Waals surface area contributed by atoms with Crippen molar-refractivity contribution in [2.24, 2.45) is 10.4 Å². The van der Waals surface area contributed by atoms with E-state index in [-0.39, 0.29) is 0 Å². The van der Waals surface area contributed by atoms with Crippen molar-refractivity contribution < 1.29 is 0 Å². The van der Waals surface area contributed by atoms with Crippen LogP contribution in [0, 0.1) is 5.41 Å². The van der Waals surface area contributed by atoms with E-state index in [0.29, 0.717) is 12.1 Å². The van der Waals surface area contributed by atoms with E-state index < -0.39 is 0 Å². The number of rotatable bonds is 3. The maximum Gasteiger partial charge on any atom is 0.134 e. The van der Waals surface area contributed by atoms with Gasteiger partial charge in [-0.3, -0.25) is 9.89 Å². The van der Waals surface area contributed by atoms with Crippen LogP contribution in [0.15, 0.2) is 35.6 Å². The molecule has 0 saturated carbocycles. The monoisotopic (exact) mass is 283 g/mol. The summed E-state index contributed by atoms with van der Waals surface area (Å²) in [6, 6.07) is 4.28. The molecule has 110 valence electrons. The highest BCUT2D eigenvalue weighted by atomic mass is 15.3. The van der Waals surface area contributed by atoms with Crippen molar-refractivity contribution in [2.45, 2.75) is 6.54 Å². The van der Waals surface area contributed by atoms with Crippen LogP contribution in [0.3, 0.4) is 0 Å². The molecule has 21 heavy (non-hydrogen) atoms. The normalized spacial score (nSPS) is 24.1. The molecule has 0 aromatic carbocycles. The molecule has 3 aliphatic rings. The Kier molecular flexibility index (Phi) is 3.05. The van der Waals surface area contributed by atoms with Crippen LogP contribution in [0.5, 0.6) is 0 Å². The number of anilines is 1. The van der Waals surface area contributed by atoms with Crippen LogP contribution in [0.4, 0.5) is 5.82 Å². The van der Waals surface area contributed by atoms with Crippen molar-refractivity contribution >= 4 is 12.0 Å². The molecule has 1 spiro atoms. The Hall–Kier alpha value is -1.72. The molecule has 5 nitrogen and oxygen atoms in total. The Labute approximate surface area is 125 Å². The van der Waals surface area contributed by atoms with Crippen LogP contribution in [-0.4, -0.2) is 60.9 Å². The van der Waals surface area contributed by atoms with E-state index in [1.807, 2.05) is 29.6 Å². The maximum absolute atomic E-state index is 4.56.